The molecular formula is C25H28N2O5. The molecule has 2 aliphatic rings. The van der Waals surface area contributed by atoms with E-state index in [1.54, 1.807) is 6.92 Å². The third kappa shape index (κ3) is 5.10. The zero-order chi connectivity index (χ0) is 22.7. The summed E-state index contributed by atoms with van der Waals surface area (Å²) in [5, 5.41) is 14.4. The zero-order valence-electron chi connectivity index (χ0n) is 18.0. The van der Waals surface area contributed by atoms with Gasteiger partial charge in [0.1, 0.15) is 6.61 Å². The molecule has 0 radical (unpaired) electrons. The van der Waals surface area contributed by atoms with Gasteiger partial charge >= 0.3 is 12.1 Å². The van der Waals surface area contributed by atoms with Gasteiger partial charge in [-0.05, 0) is 47.9 Å². The second-order valence-corrected chi connectivity index (χ2v) is 8.68. The van der Waals surface area contributed by atoms with Crippen LogP contribution in [-0.4, -0.2) is 41.8 Å². The standard InChI is InChI=1S/C25H28N2O5/c1-15(12-24(29)30)26-23(28)13-22(16-10-11-16)27-25(31)32-14-21-19-8-4-2-6-17(19)18-7-3-5-9-20(18)21/h2-9,15-16,21-22H,10-14H2,1H3,(H,26,28)(H,27,31)(H,29,30). The second-order valence-electron chi connectivity index (χ2n) is 8.68. The molecule has 2 aliphatic carbocycles. The Morgan fingerprint density at radius 3 is 2.12 bits per heavy atom. The number of carbonyl (C=O) groups excluding carboxylic acids is 2. The highest BCUT2D eigenvalue weighted by atomic mass is 16.5. The molecule has 0 aliphatic heterocycles. The molecule has 168 valence electrons. The van der Waals surface area contributed by atoms with Crippen LogP contribution in [0.25, 0.3) is 11.1 Å². The molecule has 2 unspecified atom stereocenters. The first-order valence-electron chi connectivity index (χ1n) is 11.0. The van der Waals surface area contributed by atoms with Crippen molar-refractivity contribution in [2.24, 2.45) is 5.92 Å². The lowest BCUT2D eigenvalue weighted by Gasteiger charge is -2.20. The van der Waals surface area contributed by atoms with Gasteiger partial charge in [0.05, 0.1) is 6.42 Å². The van der Waals surface area contributed by atoms with Crippen molar-refractivity contribution in [1.82, 2.24) is 10.6 Å². The van der Waals surface area contributed by atoms with Crippen LogP contribution in [0.3, 0.4) is 0 Å². The molecule has 7 heteroatoms. The van der Waals surface area contributed by atoms with Crippen LogP contribution in [0.4, 0.5) is 4.79 Å². The molecule has 7 nitrogen and oxygen atoms in total. The Labute approximate surface area is 187 Å². The average molecular weight is 437 g/mol. The Bertz CT molecular complexity index is 971. The van der Waals surface area contributed by atoms with Crippen LogP contribution in [0.2, 0.25) is 0 Å². The van der Waals surface area contributed by atoms with E-state index in [1.807, 2.05) is 24.3 Å². The largest absolute Gasteiger partial charge is 0.481 e. The first-order chi connectivity index (χ1) is 15.4. The number of fused-ring (bicyclic) bond motifs is 3. The summed E-state index contributed by atoms with van der Waals surface area (Å²) in [6, 6.07) is 15.5. The van der Waals surface area contributed by atoms with Crippen molar-refractivity contribution in [3.05, 3.63) is 59.7 Å². The summed E-state index contributed by atoms with van der Waals surface area (Å²) in [5.74, 6) is -1.01. The Hall–Kier alpha value is -3.35. The first-order valence-corrected chi connectivity index (χ1v) is 11.0. The maximum absolute atomic E-state index is 12.6. The molecule has 0 heterocycles. The highest BCUT2D eigenvalue weighted by Crippen LogP contribution is 2.44. The number of aliphatic carboxylic acids is 1. The molecular weight excluding hydrogens is 408 g/mol. The molecule has 2 aromatic rings. The lowest BCUT2D eigenvalue weighted by atomic mass is 9.98. The fourth-order valence-corrected chi connectivity index (χ4v) is 4.47. The lowest BCUT2D eigenvalue weighted by Crippen LogP contribution is -2.43. The van der Waals surface area contributed by atoms with E-state index < -0.39 is 18.1 Å². The summed E-state index contributed by atoms with van der Waals surface area (Å²) in [7, 11) is 0. The number of hydrogen-bond acceptors (Lipinski definition) is 4. The monoisotopic (exact) mass is 436 g/mol. The van der Waals surface area contributed by atoms with Crippen molar-refractivity contribution in [1.29, 1.82) is 0 Å². The minimum absolute atomic E-state index is 0.0207. The van der Waals surface area contributed by atoms with E-state index in [0.29, 0.717) is 0 Å². The predicted molar refractivity (Wildman–Crippen MR) is 119 cm³/mol. The topological polar surface area (TPSA) is 105 Å². The fraction of sp³-hybridized carbons (Fsp3) is 0.400. The summed E-state index contributed by atoms with van der Waals surface area (Å²) in [5.41, 5.74) is 4.62. The fourth-order valence-electron chi connectivity index (χ4n) is 4.47. The summed E-state index contributed by atoms with van der Waals surface area (Å²) < 4.78 is 5.60. The van der Waals surface area contributed by atoms with Crippen LogP contribution < -0.4 is 10.6 Å². The number of amides is 2. The van der Waals surface area contributed by atoms with Crippen LogP contribution >= 0.6 is 0 Å². The number of alkyl carbamates (subject to hydrolysis) is 1. The third-order valence-electron chi connectivity index (χ3n) is 6.13. The van der Waals surface area contributed by atoms with Gasteiger partial charge in [-0.15, -0.1) is 0 Å². The highest BCUT2D eigenvalue weighted by molar-refractivity contribution is 5.80. The van der Waals surface area contributed by atoms with Gasteiger partial charge in [-0.2, -0.15) is 0 Å². The maximum atomic E-state index is 12.6. The number of carboxylic acids is 1. The zero-order valence-corrected chi connectivity index (χ0v) is 18.0. The van der Waals surface area contributed by atoms with Crippen LogP contribution in [-0.2, 0) is 14.3 Å². The molecule has 1 saturated carbocycles. The van der Waals surface area contributed by atoms with E-state index in [-0.39, 0.29) is 43.2 Å². The van der Waals surface area contributed by atoms with E-state index in [1.165, 1.54) is 11.1 Å². The number of carboxylic acid groups (broad SMARTS) is 1. The van der Waals surface area contributed by atoms with Gasteiger partial charge in [0, 0.05) is 24.4 Å². The normalized spacial score (nSPS) is 16.4. The molecule has 32 heavy (non-hydrogen) atoms. The SMILES string of the molecule is CC(CC(=O)O)NC(=O)CC(NC(=O)OCC1c2ccccc2-c2ccccc21)C1CC1. The van der Waals surface area contributed by atoms with Crippen molar-refractivity contribution in [3.8, 4) is 11.1 Å². The Morgan fingerprint density at radius 2 is 1.56 bits per heavy atom. The first kappa shape index (κ1) is 21.9. The molecule has 0 aromatic heterocycles. The molecule has 0 saturated heterocycles. The van der Waals surface area contributed by atoms with Crippen molar-refractivity contribution in [2.45, 2.75) is 50.6 Å². The summed E-state index contributed by atoms with van der Waals surface area (Å²) in [6.07, 6.45) is 1.34. The van der Waals surface area contributed by atoms with Gasteiger partial charge in [-0.1, -0.05) is 48.5 Å². The van der Waals surface area contributed by atoms with Crippen molar-refractivity contribution in [2.75, 3.05) is 6.61 Å². The van der Waals surface area contributed by atoms with Gasteiger partial charge in [-0.3, -0.25) is 9.59 Å². The highest BCUT2D eigenvalue weighted by Gasteiger charge is 2.35. The van der Waals surface area contributed by atoms with Crippen LogP contribution in [0, 0.1) is 5.92 Å². The number of benzene rings is 2. The van der Waals surface area contributed by atoms with Crippen molar-refractivity contribution < 1.29 is 24.2 Å². The lowest BCUT2D eigenvalue weighted by molar-refractivity contribution is -0.137. The second kappa shape index (κ2) is 9.42. The Kier molecular flexibility index (Phi) is 6.44. The number of rotatable bonds is 9. The van der Waals surface area contributed by atoms with E-state index in [4.69, 9.17) is 9.84 Å². The molecule has 1 fully saturated rings. The molecule has 0 bridgehead atoms. The predicted octanol–water partition coefficient (Wildman–Crippen LogP) is 3.67. The van der Waals surface area contributed by atoms with Crippen molar-refractivity contribution >= 4 is 18.0 Å². The van der Waals surface area contributed by atoms with Gasteiger partial charge < -0.3 is 20.5 Å². The Morgan fingerprint density at radius 1 is 0.969 bits per heavy atom. The molecule has 2 aromatic carbocycles. The van der Waals surface area contributed by atoms with E-state index in [2.05, 4.69) is 34.9 Å². The number of hydrogen-bond donors (Lipinski definition) is 3. The van der Waals surface area contributed by atoms with Gasteiger partial charge in [0.2, 0.25) is 5.91 Å². The van der Waals surface area contributed by atoms with E-state index in [0.717, 1.165) is 24.0 Å². The molecule has 3 N–H and O–H groups in total. The quantitative estimate of drug-likeness (QED) is 0.556. The molecule has 2 atom stereocenters. The van der Waals surface area contributed by atoms with Gasteiger partial charge in [0.15, 0.2) is 0 Å². The number of nitrogens with one attached hydrogen (secondary N) is 2. The minimum atomic E-state index is -0.965. The molecule has 0 spiro atoms. The number of ether oxygens (including phenoxy) is 1. The smallest absolute Gasteiger partial charge is 0.407 e. The summed E-state index contributed by atoms with van der Waals surface area (Å²) in [6.45, 7) is 1.87. The van der Waals surface area contributed by atoms with Crippen LogP contribution in [0.5, 0.6) is 0 Å². The van der Waals surface area contributed by atoms with Crippen LogP contribution in [0.1, 0.15) is 49.7 Å². The average Bonchev–Trinajstić information content (AvgIpc) is 3.54. The summed E-state index contributed by atoms with van der Waals surface area (Å²) in [4.78, 5) is 35.7. The molecule has 4 rings (SSSR count). The maximum Gasteiger partial charge on any atom is 0.407 e. The summed E-state index contributed by atoms with van der Waals surface area (Å²) >= 11 is 0. The van der Waals surface area contributed by atoms with Gasteiger partial charge in [0.25, 0.3) is 0 Å². The van der Waals surface area contributed by atoms with E-state index in [9.17, 15) is 14.4 Å². The van der Waals surface area contributed by atoms with Crippen molar-refractivity contribution in [3.63, 3.8) is 0 Å². The van der Waals surface area contributed by atoms with Crippen LogP contribution in [0.15, 0.2) is 48.5 Å². The number of carbonyl (C=O) groups is 3. The third-order valence-corrected chi connectivity index (χ3v) is 6.13. The van der Waals surface area contributed by atoms with E-state index >= 15 is 0 Å². The molecule has 2 amide bonds. The van der Waals surface area contributed by atoms with Gasteiger partial charge in [-0.25, -0.2) is 4.79 Å². The minimum Gasteiger partial charge on any atom is -0.481 e. The Balaban J connectivity index is 1.34.